The van der Waals surface area contributed by atoms with Crippen molar-refractivity contribution >= 4 is 28.4 Å². The van der Waals surface area contributed by atoms with E-state index in [-0.39, 0.29) is 0 Å². The highest BCUT2D eigenvalue weighted by atomic mass is 127. The van der Waals surface area contributed by atoms with Crippen LogP contribution in [0.15, 0.2) is 36.4 Å². The van der Waals surface area contributed by atoms with E-state index in [2.05, 4.69) is 69.3 Å². The van der Waals surface area contributed by atoms with Crippen molar-refractivity contribution in [3.8, 4) is 11.3 Å². The molecule has 0 radical (unpaired) electrons. The van der Waals surface area contributed by atoms with Gasteiger partial charge in [0.25, 0.3) is 0 Å². The topological polar surface area (TPSA) is 37.8 Å². The highest BCUT2D eigenvalue weighted by molar-refractivity contribution is 14.1. The highest BCUT2D eigenvalue weighted by Gasteiger charge is 2.00. The molecule has 0 aliphatic carbocycles. The molecule has 0 spiro atoms. The third-order valence-electron chi connectivity index (χ3n) is 2.36. The fourth-order valence-electron chi connectivity index (χ4n) is 1.45. The van der Waals surface area contributed by atoms with Crippen LogP contribution in [0.2, 0.25) is 0 Å². The summed E-state index contributed by atoms with van der Waals surface area (Å²) in [6, 6.07) is 12.2. The standard InChI is InChI=1S/C13H14IN3/c1-2-9-15-13-8-7-12(16-17-13)10-3-5-11(14)6-4-10/h3-8H,2,9H2,1H3,(H,15,17). The maximum Gasteiger partial charge on any atom is 0.148 e. The SMILES string of the molecule is CCCNc1ccc(-c2ccc(I)cc2)nn1. The summed E-state index contributed by atoms with van der Waals surface area (Å²) in [7, 11) is 0. The zero-order valence-corrected chi connectivity index (χ0v) is 11.8. The molecule has 0 saturated heterocycles. The molecular weight excluding hydrogens is 325 g/mol. The van der Waals surface area contributed by atoms with Crippen molar-refractivity contribution in [2.45, 2.75) is 13.3 Å². The molecule has 17 heavy (non-hydrogen) atoms. The number of rotatable bonds is 4. The van der Waals surface area contributed by atoms with Gasteiger partial charge >= 0.3 is 0 Å². The smallest absolute Gasteiger partial charge is 0.148 e. The van der Waals surface area contributed by atoms with Gasteiger partial charge in [0.05, 0.1) is 5.69 Å². The maximum atomic E-state index is 4.22. The molecule has 0 bridgehead atoms. The molecule has 0 aliphatic heterocycles. The minimum Gasteiger partial charge on any atom is -0.369 e. The molecule has 0 unspecified atom stereocenters. The van der Waals surface area contributed by atoms with E-state index in [0.29, 0.717) is 0 Å². The van der Waals surface area contributed by atoms with Gasteiger partial charge in [-0.25, -0.2) is 0 Å². The van der Waals surface area contributed by atoms with E-state index in [9.17, 15) is 0 Å². The van der Waals surface area contributed by atoms with Crippen LogP contribution in [0, 0.1) is 3.57 Å². The van der Waals surface area contributed by atoms with Gasteiger partial charge in [0, 0.05) is 15.7 Å². The Bertz CT molecular complexity index is 465. The van der Waals surface area contributed by atoms with E-state index in [4.69, 9.17) is 0 Å². The van der Waals surface area contributed by atoms with Crippen LogP contribution in [-0.2, 0) is 0 Å². The van der Waals surface area contributed by atoms with Gasteiger partial charge in [-0.05, 0) is 53.3 Å². The number of aromatic nitrogens is 2. The molecule has 1 heterocycles. The predicted octanol–water partition coefficient (Wildman–Crippen LogP) is 3.57. The van der Waals surface area contributed by atoms with Crippen molar-refractivity contribution < 1.29 is 0 Å². The van der Waals surface area contributed by atoms with Gasteiger partial charge < -0.3 is 5.32 Å². The Kier molecular flexibility index (Phi) is 4.30. The average molecular weight is 339 g/mol. The normalized spacial score (nSPS) is 10.2. The lowest BCUT2D eigenvalue weighted by Gasteiger charge is -2.04. The molecule has 3 nitrogen and oxygen atoms in total. The lowest BCUT2D eigenvalue weighted by atomic mass is 10.1. The van der Waals surface area contributed by atoms with E-state index < -0.39 is 0 Å². The Morgan fingerprint density at radius 2 is 1.82 bits per heavy atom. The minimum atomic E-state index is 0.834. The summed E-state index contributed by atoms with van der Waals surface area (Å²) in [5.41, 5.74) is 2.00. The van der Waals surface area contributed by atoms with Crippen molar-refractivity contribution in [1.82, 2.24) is 10.2 Å². The molecule has 0 fully saturated rings. The Balaban J connectivity index is 2.14. The van der Waals surface area contributed by atoms with Crippen LogP contribution in [0.4, 0.5) is 5.82 Å². The van der Waals surface area contributed by atoms with E-state index >= 15 is 0 Å². The average Bonchev–Trinajstić information content (AvgIpc) is 2.38. The van der Waals surface area contributed by atoms with Crippen LogP contribution in [0.1, 0.15) is 13.3 Å². The van der Waals surface area contributed by atoms with Crippen molar-refractivity contribution in [3.05, 3.63) is 40.0 Å². The van der Waals surface area contributed by atoms with Crippen LogP contribution in [0.25, 0.3) is 11.3 Å². The molecule has 0 amide bonds. The summed E-state index contributed by atoms with van der Waals surface area (Å²) in [4.78, 5) is 0. The van der Waals surface area contributed by atoms with Gasteiger partial charge in [-0.2, -0.15) is 0 Å². The Labute approximate surface area is 115 Å². The maximum absolute atomic E-state index is 4.22. The number of anilines is 1. The minimum absolute atomic E-state index is 0.834. The lowest BCUT2D eigenvalue weighted by molar-refractivity contribution is 0.945. The van der Waals surface area contributed by atoms with Crippen molar-refractivity contribution in [3.63, 3.8) is 0 Å². The van der Waals surface area contributed by atoms with Gasteiger partial charge in [0.2, 0.25) is 0 Å². The molecule has 0 aliphatic rings. The van der Waals surface area contributed by atoms with Crippen LogP contribution in [0.3, 0.4) is 0 Å². The largest absolute Gasteiger partial charge is 0.369 e. The van der Waals surface area contributed by atoms with Gasteiger partial charge in [0.15, 0.2) is 0 Å². The van der Waals surface area contributed by atoms with Crippen LogP contribution in [-0.4, -0.2) is 16.7 Å². The van der Waals surface area contributed by atoms with Gasteiger partial charge in [-0.15, -0.1) is 10.2 Å². The molecule has 88 valence electrons. The molecule has 1 N–H and O–H groups in total. The van der Waals surface area contributed by atoms with Gasteiger partial charge in [-0.1, -0.05) is 19.1 Å². The Morgan fingerprint density at radius 1 is 1.06 bits per heavy atom. The van der Waals surface area contributed by atoms with Gasteiger partial charge in [-0.3, -0.25) is 0 Å². The molecule has 4 heteroatoms. The fraction of sp³-hybridized carbons (Fsp3) is 0.231. The predicted molar refractivity (Wildman–Crippen MR) is 79.0 cm³/mol. The number of nitrogens with one attached hydrogen (secondary N) is 1. The van der Waals surface area contributed by atoms with E-state index in [1.165, 1.54) is 3.57 Å². The number of hydrogen-bond acceptors (Lipinski definition) is 3. The number of nitrogens with zero attached hydrogens (tertiary/aromatic N) is 2. The Hall–Kier alpha value is -1.17. The molecule has 0 atom stereocenters. The lowest BCUT2D eigenvalue weighted by Crippen LogP contribution is -2.02. The number of halogens is 1. The van der Waals surface area contributed by atoms with Crippen LogP contribution in [0.5, 0.6) is 0 Å². The van der Waals surface area contributed by atoms with E-state index in [1.807, 2.05) is 12.1 Å². The third kappa shape index (κ3) is 3.39. The van der Waals surface area contributed by atoms with Crippen LogP contribution < -0.4 is 5.32 Å². The van der Waals surface area contributed by atoms with Crippen molar-refractivity contribution in [1.29, 1.82) is 0 Å². The molecular formula is C13H14IN3. The molecule has 2 aromatic rings. The molecule has 2 rings (SSSR count). The monoisotopic (exact) mass is 339 g/mol. The summed E-state index contributed by atoms with van der Waals surface area (Å²) in [5.74, 6) is 0.834. The Morgan fingerprint density at radius 3 is 2.41 bits per heavy atom. The van der Waals surface area contributed by atoms with Crippen molar-refractivity contribution in [2.24, 2.45) is 0 Å². The second kappa shape index (κ2) is 5.95. The first-order chi connectivity index (χ1) is 8.29. The van der Waals surface area contributed by atoms with E-state index in [1.54, 1.807) is 0 Å². The summed E-state index contributed by atoms with van der Waals surface area (Å²) in [5, 5.41) is 11.6. The van der Waals surface area contributed by atoms with E-state index in [0.717, 1.165) is 30.0 Å². The molecule has 1 aromatic heterocycles. The zero-order valence-electron chi connectivity index (χ0n) is 9.65. The second-order valence-corrected chi connectivity index (χ2v) is 4.98. The first kappa shape index (κ1) is 12.3. The summed E-state index contributed by atoms with van der Waals surface area (Å²) in [6.45, 7) is 3.05. The summed E-state index contributed by atoms with van der Waals surface area (Å²) < 4.78 is 1.22. The fourth-order valence-corrected chi connectivity index (χ4v) is 1.81. The first-order valence-electron chi connectivity index (χ1n) is 5.63. The number of benzene rings is 1. The third-order valence-corrected chi connectivity index (χ3v) is 3.08. The summed E-state index contributed by atoms with van der Waals surface area (Å²) in [6.07, 6.45) is 1.08. The van der Waals surface area contributed by atoms with Gasteiger partial charge in [0.1, 0.15) is 5.82 Å². The quantitative estimate of drug-likeness (QED) is 0.866. The van der Waals surface area contributed by atoms with Crippen molar-refractivity contribution in [2.75, 3.05) is 11.9 Å². The van der Waals surface area contributed by atoms with Crippen LogP contribution >= 0.6 is 22.6 Å². The summed E-state index contributed by atoms with van der Waals surface area (Å²) >= 11 is 2.29. The molecule has 0 saturated carbocycles. The highest BCUT2D eigenvalue weighted by Crippen LogP contribution is 2.18. The molecule has 1 aromatic carbocycles. The first-order valence-corrected chi connectivity index (χ1v) is 6.71. The number of hydrogen-bond donors (Lipinski definition) is 1. The zero-order chi connectivity index (χ0) is 12.1. The second-order valence-electron chi connectivity index (χ2n) is 3.74.